The summed E-state index contributed by atoms with van der Waals surface area (Å²) in [4.78, 5) is 30.0. The van der Waals surface area contributed by atoms with Crippen LogP contribution in [-0.2, 0) is 16.0 Å². The lowest BCUT2D eigenvalue weighted by Gasteiger charge is -2.31. The molecule has 1 N–H and O–H groups in total. The van der Waals surface area contributed by atoms with E-state index in [1.807, 2.05) is 31.2 Å². The zero-order chi connectivity index (χ0) is 19.9. The largest absolute Gasteiger partial charge is 0.450 e. The Kier molecular flexibility index (Phi) is 6.62. The maximum absolute atomic E-state index is 12.2. The van der Waals surface area contributed by atoms with Gasteiger partial charge in [-0.1, -0.05) is 29.4 Å². The predicted molar refractivity (Wildman–Crippen MR) is 103 cm³/mol. The Balaban J connectivity index is 1.43. The Labute approximate surface area is 164 Å². The smallest absolute Gasteiger partial charge is 0.409 e. The quantitative estimate of drug-likeness (QED) is 0.820. The van der Waals surface area contributed by atoms with Crippen molar-refractivity contribution in [3.8, 4) is 11.4 Å². The zero-order valence-electron chi connectivity index (χ0n) is 16.3. The summed E-state index contributed by atoms with van der Waals surface area (Å²) in [6.07, 6.45) is 1.85. The Morgan fingerprint density at radius 2 is 2.04 bits per heavy atom. The number of likely N-dealkylation sites (tertiary alicyclic amines) is 1. The van der Waals surface area contributed by atoms with Crippen LogP contribution in [0.1, 0.15) is 37.6 Å². The van der Waals surface area contributed by atoms with E-state index in [0.717, 1.165) is 24.0 Å². The van der Waals surface area contributed by atoms with Gasteiger partial charge < -0.3 is 19.5 Å². The highest BCUT2D eigenvalue weighted by molar-refractivity contribution is 5.76. The number of nitrogens with zero attached hydrogens (tertiary/aromatic N) is 3. The summed E-state index contributed by atoms with van der Waals surface area (Å²) in [5, 5.41) is 7.03. The predicted octanol–water partition coefficient (Wildman–Crippen LogP) is 2.71. The second kappa shape index (κ2) is 9.34. The van der Waals surface area contributed by atoms with Gasteiger partial charge >= 0.3 is 6.09 Å². The van der Waals surface area contributed by atoms with Gasteiger partial charge in [-0.3, -0.25) is 4.79 Å². The Hall–Kier alpha value is -2.90. The van der Waals surface area contributed by atoms with Gasteiger partial charge in [0.25, 0.3) is 0 Å². The number of carbonyl (C=O) groups is 2. The molecule has 0 aliphatic carbocycles. The second-order valence-corrected chi connectivity index (χ2v) is 6.85. The molecule has 1 aromatic carbocycles. The maximum Gasteiger partial charge on any atom is 0.409 e. The molecule has 2 heterocycles. The summed E-state index contributed by atoms with van der Waals surface area (Å²) in [6.45, 7) is 5.33. The molecule has 3 rings (SSSR count). The molecule has 0 bridgehead atoms. The number of amides is 2. The summed E-state index contributed by atoms with van der Waals surface area (Å²) >= 11 is 0. The van der Waals surface area contributed by atoms with Crippen molar-refractivity contribution in [2.75, 3.05) is 19.7 Å². The number of piperidine rings is 1. The van der Waals surface area contributed by atoms with Gasteiger partial charge in [-0.15, -0.1) is 0 Å². The van der Waals surface area contributed by atoms with Gasteiger partial charge in [0.15, 0.2) is 0 Å². The first kappa shape index (κ1) is 19.9. The summed E-state index contributed by atoms with van der Waals surface area (Å²) in [5.74, 6) is 0.940. The first-order valence-electron chi connectivity index (χ1n) is 9.66. The van der Waals surface area contributed by atoms with Crippen LogP contribution in [0, 0.1) is 6.92 Å². The van der Waals surface area contributed by atoms with E-state index in [1.54, 1.807) is 11.8 Å². The molecular weight excluding hydrogens is 360 g/mol. The number of hydrogen-bond acceptors (Lipinski definition) is 6. The molecule has 0 atom stereocenters. The van der Waals surface area contributed by atoms with Crippen LogP contribution in [0.3, 0.4) is 0 Å². The molecule has 1 aliphatic rings. The van der Waals surface area contributed by atoms with Crippen molar-refractivity contribution in [1.82, 2.24) is 20.4 Å². The molecule has 150 valence electrons. The monoisotopic (exact) mass is 386 g/mol. The molecule has 8 nitrogen and oxygen atoms in total. The van der Waals surface area contributed by atoms with Gasteiger partial charge in [0.2, 0.25) is 17.6 Å². The number of aromatic nitrogens is 2. The molecular formula is C20H26N4O4. The van der Waals surface area contributed by atoms with Crippen molar-refractivity contribution in [3.05, 3.63) is 35.7 Å². The van der Waals surface area contributed by atoms with Crippen LogP contribution in [0.4, 0.5) is 4.79 Å². The van der Waals surface area contributed by atoms with Gasteiger partial charge in [0, 0.05) is 37.5 Å². The van der Waals surface area contributed by atoms with Crippen molar-refractivity contribution in [2.24, 2.45) is 0 Å². The zero-order valence-corrected chi connectivity index (χ0v) is 16.3. The molecule has 8 heteroatoms. The number of hydrogen-bond donors (Lipinski definition) is 1. The molecule has 0 spiro atoms. The fraction of sp³-hybridized carbons (Fsp3) is 0.500. The topological polar surface area (TPSA) is 97.6 Å². The van der Waals surface area contributed by atoms with Crippen molar-refractivity contribution < 1.29 is 18.8 Å². The standard InChI is InChI=1S/C20H26N4O4/c1-3-27-20(26)24-12-10-15(11-13-24)21-17(25)8-9-18-22-19(23-28-18)16-7-5-4-6-14(16)2/h4-7,15H,3,8-13H2,1-2H3,(H,21,25). The maximum atomic E-state index is 12.2. The SMILES string of the molecule is CCOC(=O)N1CCC(NC(=O)CCc2nc(-c3ccccc3C)no2)CC1. The van der Waals surface area contributed by atoms with Crippen LogP contribution < -0.4 is 5.32 Å². The Bertz CT molecular complexity index is 812. The minimum absolute atomic E-state index is 0.0507. The molecule has 1 fully saturated rings. The average molecular weight is 386 g/mol. The van der Waals surface area contributed by atoms with Gasteiger partial charge in [-0.25, -0.2) is 4.79 Å². The normalized spacial score (nSPS) is 14.7. The van der Waals surface area contributed by atoms with Crippen LogP contribution in [0.5, 0.6) is 0 Å². The van der Waals surface area contributed by atoms with E-state index >= 15 is 0 Å². The summed E-state index contributed by atoms with van der Waals surface area (Å²) in [5.41, 5.74) is 2.00. The highest BCUT2D eigenvalue weighted by Gasteiger charge is 2.24. The summed E-state index contributed by atoms with van der Waals surface area (Å²) in [6, 6.07) is 7.90. The fourth-order valence-corrected chi connectivity index (χ4v) is 3.23. The molecule has 1 saturated heterocycles. The summed E-state index contributed by atoms with van der Waals surface area (Å²) < 4.78 is 10.3. The average Bonchev–Trinajstić information content (AvgIpc) is 3.16. The molecule has 2 aromatic rings. The van der Waals surface area contributed by atoms with Gasteiger partial charge in [0.05, 0.1) is 6.61 Å². The lowest BCUT2D eigenvalue weighted by atomic mass is 10.1. The van der Waals surface area contributed by atoms with E-state index in [9.17, 15) is 9.59 Å². The second-order valence-electron chi connectivity index (χ2n) is 6.85. The van der Waals surface area contributed by atoms with Crippen LogP contribution in [-0.4, -0.2) is 52.8 Å². The minimum atomic E-state index is -0.284. The van der Waals surface area contributed by atoms with E-state index in [0.29, 0.717) is 37.8 Å². The third-order valence-electron chi connectivity index (χ3n) is 4.81. The van der Waals surface area contributed by atoms with E-state index in [2.05, 4.69) is 15.5 Å². The third-order valence-corrected chi connectivity index (χ3v) is 4.81. The lowest BCUT2D eigenvalue weighted by molar-refractivity contribution is -0.122. The van der Waals surface area contributed by atoms with Crippen LogP contribution >= 0.6 is 0 Å². The van der Waals surface area contributed by atoms with E-state index in [4.69, 9.17) is 9.26 Å². The summed E-state index contributed by atoms with van der Waals surface area (Å²) in [7, 11) is 0. The Morgan fingerprint density at radius 1 is 1.29 bits per heavy atom. The number of aryl methyl sites for hydroxylation is 2. The molecule has 2 amide bonds. The van der Waals surface area contributed by atoms with E-state index in [-0.39, 0.29) is 24.5 Å². The first-order valence-corrected chi connectivity index (χ1v) is 9.66. The van der Waals surface area contributed by atoms with Crippen molar-refractivity contribution in [3.63, 3.8) is 0 Å². The lowest BCUT2D eigenvalue weighted by Crippen LogP contribution is -2.46. The van der Waals surface area contributed by atoms with Crippen molar-refractivity contribution >= 4 is 12.0 Å². The molecule has 0 radical (unpaired) electrons. The van der Waals surface area contributed by atoms with Crippen LogP contribution in [0.25, 0.3) is 11.4 Å². The fourth-order valence-electron chi connectivity index (χ4n) is 3.23. The molecule has 28 heavy (non-hydrogen) atoms. The van der Waals surface area contributed by atoms with Gasteiger partial charge in [0.1, 0.15) is 0 Å². The highest BCUT2D eigenvalue weighted by atomic mass is 16.6. The number of ether oxygens (including phenoxy) is 1. The number of rotatable bonds is 6. The first-order chi connectivity index (χ1) is 13.6. The van der Waals surface area contributed by atoms with Crippen LogP contribution in [0.2, 0.25) is 0 Å². The minimum Gasteiger partial charge on any atom is -0.450 e. The number of carbonyl (C=O) groups excluding carboxylic acids is 2. The number of nitrogens with one attached hydrogen (secondary N) is 1. The molecule has 0 saturated carbocycles. The molecule has 0 unspecified atom stereocenters. The number of benzene rings is 1. The van der Waals surface area contributed by atoms with E-state index < -0.39 is 0 Å². The molecule has 1 aliphatic heterocycles. The van der Waals surface area contributed by atoms with Gasteiger partial charge in [-0.05, 0) is 32.3 Å². The molecule has 1 aromatic heterocycles. The van der Waals surface area contributed by atoms with E-state index in [1.165, 1.54) is 0 Å². The highest BCUT2D eigenvalue weighted by Crippen LogP contribution is 2.20. The Morgan fingerprint density at radius 3 is 2.75 bits per heavy atom. The van der Waals surface area contributed by atoms with Gasteiger partial charge in [-0.2, -0.15) is 4.98 Å². The van der Waals surface area contributed by atoms with Crippen molar-refractivity contribution in [2.45, 2.75) is 45.6 Å². The van der Waals surface area contributed by atoms with Crippen LogP contribution in [0.15, 0.2) is 28.8 Å². The third kappa shape index (κ3) is 5.09. The van der Waals surface area contributed by atoms with Crippen molar-refractivity contribution in [1.29, 1.82) is 0 Å².